The Morgan fingerprint density at radius 2 is 2.25 bits per heavy atom. The van der Waals surface area contributed by atoms with Crippen LogP contribution in [0.3, 0.4) is 0 Å². The Hall–Kier alpha value is -2.19. The van der Waals surface area contributed by atoms with Crippen molar-refractivity contribution in [2.24, 2.45) is 5.11 Å². The van der Waals surface area contributed by atoms with E-state index in [4.69, 9.17) is 20.8 Å². The highest BCUT2D eigenvalue weighted by Gasteiger charge is 2.49. The summed E-state index contributed by atoms with van der Waals surface area (Å²) in [4.78, 5) is 2.68. The number of aromatic nitrogens is 1. The summed E-state index contributed by atoms with van der Waals surface area (Å²) in [5.74, 6) is -0.805. The topological polar surface area (TPSA) is 152 Å². The number of hydrogen-bond acceptors (Lipinski definition) is 5. The molecular weight excluding hydrogens is 266 g/mol. The van der Waals surface area contributed by atoms with Gasteiger partial charge < -0.3 is 25.5 Å². The first-order valence-corrected chi connectivity index (χ1v) is 5.87. The molecule has 1 saturated heterocycles. The zero-order valence-corrected chi connectivity index (χ0v) is 10.4. The van der Waals surface area contributed by atoms with Gasteiger partial charge in [-0.05, 0) is 17.0 Å². The molecule has 0 saturated carbocycles. The molecule has 1 aliphatic rings. The molecule has 4 N–H and O–H groups in total. The average Bonchev–Trinajstić information content (AvgIpc) is 2.76. The first kappa shape index (κ1) is 14.2. The summed E-state index contributed by atoms with van der Waals surface area (Å²) in [5.41, 5.74) is 8.77. The summed E-state index contributed by atoms with van der Waals surface area (Å²) in [5, 5.41) is 38.6. The molecule has 0 amide bonds. The van der Waals surface area contributed by atoms with Crippen LogP contribution in [-0.2, 0) is 4.74 Å². The fraction of sp³-hybridized carbons (Fsp3) is 0.455. The van der Waals surface area contributed by atoms with E-state index in [1.165, 1.54) is 29.1 Å². The maximum atomic E-state index is 10.9. The summed E-state index contributed by atoms with van der Waals surface area (Å²) >= 11 is 0. The number of nitrogens with one attached hydrogen (secondary N) is 1. The molecule has 1 aromatic heterocycles. The highest BCUT2D eigenvalue weighted by atomic mass is 16.5. The Kier molecular flexibility index (Phi) is 4.16. The van der Waals surface area contributed by atoms with Crippen LogP contribution in [0.5, 0.6) is 0 Å². The smallest absolute Gasteiger partial charge is 0.274 e. The molecule has 0 aliphatic carbocycles. The SMILES string of the molecule is [N-]=[N+]=N[C@H]1[C@H](O)[C@@H](C[OH2+])O[C@H]1[n+]1ccc(C(=N)[O-])cc1. The van der Waals surface area contributed by atoms with E-state index in [9.17, 15) is 10.2 Å². The summed E-state index contributed by atoms with van der Waals surface area (Å²) in [6, 6.07) is 2.02. The van der Waals surface area contributed by atoms with Crippen molar-refractivity contribution in [3.05, 3.63) is 40.5 Å². The maximum Gasteiger partial charge on any atom is 0.274 e. The van der Waals surface area contributed by atoms with Gasteiger partial charge in [0.1, 0.15) is 6.10 Å². The molecule has 9 nitrogen and oxygen atoms in total. The fourth-order valence-electron chi connectivity index (χ4n) is 2.09. The summed E-state index contributed by atoms with van der Waals surface area (Å²) in [7, 11) is 0. The number of aliphatic hydroxyl groups excluding tert-OH is 1. The Morgan fingerprint density at radius 1 is 1.60 bits per heavy atom. The number of azide groups is 1. The van der Waals surface area contributed by atoms with Gasteiger partial charge in [-0.1, -0.05) is 5.11 Å². The Morgan fingerprint density at radius 3 is 2.75 bits per heavy atom. The Balaban J connectivity index is 2.29. The van der Waals surface area contributed by atoms with Gasteiger partial charge >= 0.3 is 0 Å². The van der Waals surface area contributed by atoms with Crippen molar-refractivity contribution in [2.45, 2.75) is 24.5 Å². The second-order valence-corrected chi connectivity index (χ2v) is 4.32. The van der Waals surface area contributed by atoms with E-state index in [1.54, 1.807) is 0 Å². The van der Waals surface area contributed by atoms with E-state index < -0.39 is 30.4 Å². The lowest BCUT2D eigenvalue weighted by atomic mass is 10.1. The van der Waals surface area contributed by atoms with Gasteiger partial charge in [-0.15, -0.1) is 0 Å². The standard InChI is InChI=1S/C11H13N5O4/c12-10(19)6-1-3-16(4-2-6)11-8(14-15-13)9(18)7(5-17)20-11/h1-4,7-9,11,17-18H,5H2,(H-,12,19)/p+1/t7-,8+,9-,11-/m1/s1. The molecule has 2 rings (SSSR count). The van der Waals surface area contributed by atoms with Crippen LogP contribution in [0.2, 0.25) is 0 Å². The van der Waals surface area contributed by atoms with Crippen LogP contribution in [0.4, 0.5) is 0 Å². The van der Waals surface area contributed by atoms with Crippen molar-refractivity contribution < 1.29 is 24.6 Å². The zero-order valence-electron chi connectivity index (χ0n) is 10.4. The minimum atomic E-state index is -1.06. The number of hydrogen-bond donors (Lipinski definition) is 2. The molecule has 0 spiro atoms. The predicted octanol–water partition coefficient (Wildman–Crippen LogP) is -1.68. The Bertz CT molecular complexity index is 542. The van der Waals surface area contributed by atoms with E-state index in [2.05, 4.69) is 10.0 Å². The van der Waals surface area contributed by atoms with E-state index >= 15 is 0 Å². The third-order valence-electron chi connectivity index (χ3n) is 3.13. The van der Waals surface area contributed by atoms with Crippen LogP contribution in [0.15, 0.2) is 29.6 Å². The highest BCUT2D eigenvalue weighted by Crippen LogP contribution is 2.28. The molecule has 0 radical (unpaired) electrons. The number of aliphatic hydroxyl groups is 1. The van der Waals surface area contributed by atoms with Crippen LogP contribution in [0.1, 0.15) is 11.8 Å². The van der Waals surface area contributed by atoms with Crippen molar-refractivity contribution in [3.8, 4) is 0 Å². The van der Waals surface area contributed by atoms with Gasteiger partial charge in [0.15, 0.2) is 31.1 Å². The van der Waals surface area contributed by atoms with Crippen molar-refractivity contribution in [1.29, 1.82) is 5.41 Å². The lowest BCUT2D eigenvalue weighted by Crippen LogP contribution is -2.45. The molecule has 0 aromatic carbocycles. The van der Waals surface area contributed by atoms with Gasteiger partial charge in [0, 0.05) is 17.0 Å². The van der Waals surface area contributed by atoms with Crippen LogP contribution < -0.4 is 9.67 Å². The molecule has 1 aliphatic heterocycles. The van der Waals surface area contributed by atoms with Crippen molar-refractivity contribution in [3.63, 3.8) is 0 Å². The summed E-state index contributed by atoms with van der Waals surface area (Å²) in [6.45, 7) is -0.154. The molecule has 4 atom stereocenters. The minimum Gasteiger partial charge on any atom is -0.859 e. The van der Waals surface area contributed by atoms with Crippen molar-refractivity contribution in [1.82, 2.24) is 0 Å². The van der Waals surface area contributed by atoms with Crippen LogP contribution >= 0.6 is 0 Å². The number of rotatable bonds is 4. The zero-order chi connectivity index (χ0) is 14.7. The van der Waals surface area contributed by atoms with E-state index in [0.717, 1.165) is 0 Å². The third kappa shape index (κ3) is 2.56. The van der Waals surface area contributed by atoms with E-state index in [0.29, 0.717) is 0 Å². The lowest BCUT2D eigenvalue weighted by molar-refractivity contribution is -0.760. The molecular formula is C11H14N5O4+. The van der Waals surface area contributed by atoms with Gasteiger partial charge in [0.25, 0.3) is 6.23 Å². The molecule has 2 heterocycles. The quantitative estimate of drug-likeness (QED) is 0.129. The monoisotopic (exact) mass is 280 g/mol. The van der Waals surface area contributed by atoms with Gasteiger partial charge in [-0.25, -0.2) is 0 Å². The Labute approximate surface area is 113 Å². The van der Waals surface area contributed by atoms with Crippen molar-refractivity contribution >= 4 is 5.90 Å². The first-order valence-electron chi connectivity index (χ1n) is 5.87. The third-order valence-corrected chi connectivity index (χ3v) is 3.13. The van der Waals surface area contributed by atoms with Gasteiger partial charge in [0.05, 0.1) is 0 Å². The lowest BCUT2D eigenvalue weighted by Gasteiger charge is -2.11. The molecule has 0 bridgehead atoms. The van der Waals surface area contributed by atoms with Gasteiger partial charge in [0.2, 0.25) is 0 Å². The van der Waals surface area contributed by atoms with Gasteiger partial charge in [-0.3, -0.25) is 0 Å². The number of nitrogens with zero attached hydrogens (tertiary/aromatic N) is 4. The van der Waals surface area contributed by atoms with Crippen LogP contribution in [0.25, 0.3) is 10.4 Å². The largest absolute Gasteiger partial charge is 0.859 e. The minimum absolute atomic E-state index is 0.154. The van der Waals surface area contributed by atoms with Crippen LogP contribution in [0, 0.1) is 5.41 Å². The van der Waals surface area contributed by atoms with Crippen molar-refractivity contribution in [2.75, 3.05) is 6.61 Å². The molecule has 9 heteroatoms. The summed E-state index contributed by atoms with van der Waals surface area (Å²) < 4.78 is 7.04. The van der Waals surface area contributed by atoms with E-state index in [1.807, 2.05) is 0 Å². The second kappa shape index (κ2) is 5.85. The fourth-order valence-corrected chi connectivity index (χ4v) is 2.09. The summed E-state index contributed by atoms with van der Waals surface area (Å²) in [6.07, 6.45) is 0.474. The predicted molar refractivity (Wildman–Crippen MR) is 64.8 cm³/mol. The molecule has 1 aromatic rings. The maximum absolute atomic E-state index is 10.9. The number of pyridine rings is 1. The number of ether oxygens (including phenoxy) is 1. The first-order chi connectivity index (χ1) is 9.58. The molecule has 106 valence electrons. The molecule has 20 heavy (non-hydrogen) atoms. The van der Waals surface area contributed by atoms with Crippen LogP contribution in [-0.4, -0.2) is 41.0 Å². The average molecular weight is 280 g/mol. The van der Waals surface area contributed by atoms with E-state index in [-0.39, 0.29) is 12.2 Å². The van der Waals surface area contributed by atoms with Gasteiger partial charge in [-0.2, -0.15) is 4.57 Å². The molecule has 0 unspecified atom stereocenters. The molecule has 1 fully saturated rings. The normalized spacial score (nSPS) is 28.9. The second-order valence-electron chi connectivity index (χ2n) is 4.32. The highest BCUT2D eigenvalue weighted by molar-refractivity contribution is 5.87.